The van der Waals surface area contributed by atoms with Crippen molar-refractivity contribution in [3.63, 3.8) is 0 Å². The third-order valence-electron chi connectivity index (χ3n) is 3.42. The lowest BCUT2D eigenvalue weighted by Crippen LogP contribution is -2.36. The summed E-state index contributed by atoms with van der Waals surface area (Å²) in [5.74, 6) is 0.501. The Hall–Kier alpha value is -1.20. The molecule has 1 fully saturated rings. The Morgan fingerprint density at radius 1 is 1.53 bits per heavy atom. The van der Waals surface area contributed by atoms with Gasteiger partial charge < -0.3 is 15.1 Å². The number of hydrogen-bond donors (Lipinski definition) is 2. The number of aliphatic hydroxyl groups excluding tert-OH is 2. The van der Waals surface area contributed by atoms with Crippen molar-refractivity contribution in [2.75, 3.05) is 18.1 Å². The van der Waals surface area contributed by atoms with Crippen molar-refractivity contribution in [1.29, 1.82) is 0 Å². The number of pyridine rings is 1. The van der Waals surface area contributed by atoms with Gasteiger partial charge >= 0.3 is 0 Å². The fraction of sp³-hybridized carbons (Fsp3) is 0.583. The summed E-state index contributed by atoms with van der Waals surface area (Å²) in [6.45, 7) is 2.65. The summed E-state index contributed by atoms with van der Waals surface area (Å²) >= 11 is 0. The maximum atomic E-state index is 13.0. The Morgan fingerprint density at radius 3 is 2.94 bits per heavy atom. The average molecular weight is 240 g/mol. The molecule has 2 N–H and O–H groups in total. The normalized spacial score (nSPS) is 24.4. The predicted molar refractivity (Wildman–Crippen MR) is 62.1 cm³/mol. The number of rotatable bonds is 3. The Balaban J connectivity index is 2.33. The number of anilines is 1. The van der Waals surface area contributed by atoms with Crippen LogP contribution < -0.4 is 4.90 Å². The number of halogens is 1. The van der Waals surface area contributed by atoms with Crippen molar-refractivity contribution in [1.82, 2.24) is 4.98 Å². The zero-order valence-corrected chi connectivity index (χ0v) is 9.80. The van der Waals surface area contributed by atoms with Gasteiger partial charge in [0.1, 0.15) is 11.6 Å². The van der Waals surface area contributed by atoms with Crippen molar-refractivity contribution >= 4 is 5.82 Å². The van der Waals surface area contributed by atoms with Crippen LogP contribution in [0.1, 0.15) is 18.9 Å². The first-order valence-corrected chi connectivity index (χ1v) is 5.80. The van der Waals surface area contributed by atoms with Gasteiger partial charge in [-0.2, -0.15) is 0 Å². The molecule has 2 atom stereocenters. The average Bonchev–Trinajstić information content (AvgIpc) is 2.70. The molecule has 1 aromatic heterocycles. The van der Waals surface area contributed by atoms with E-state index in [2.05, 4.69) is 11.9 Å². The summed E-state index contributed by atoms with van der Waals surface area (Å²) in [5, 5.41) is 18.6. The third-order valence-corrected chi connectivity index (χ3v) is 3.42. The van der Waals surface area contributed by atoms with Crippen molar-refractivity contribution in [2.45, 2.75) is 26.0 Å². The Kier molecular flexibility index (Phi) is 3.59. The number of nitrogens with zero attached hydrogens (tertiary/aromatic N) is 2. The first-order chi connectivity index (χ1) is 8.17. The highest BCUT2D eigenvalue weighted by molar-refractivity contribution is 5.48. The molecule has 0 radical (unpaired) electrons. The molecule has 0 aliphatic carbocycles. The fourth-order valence-electron chi connectivity index (χ4n) is 2.40. The van der Waals surface area contributed by atoms with Crippen LogP contribution in [0.25, 0.3) is 0 Å². The van der Waals surface area contributed by atoms with E-state index in [1.807, 2.05) is 4.90 Å². The van der Waals surface area contributed by atoms with Gasteiger partial charge in [0.2, 0.25) is 0 Å². The predicted octanol–water partition coefficient (Wildman–Crippen LogP) is 0.920. The van der Waals surface area contributed by atoms with E-state index in [9.17, 15) is 14.6 Å². The van der Waals surface area contributed by atoms with Gasteiger partial charge in [-0.3, -0.25) is 0 Å². The zero-order valence-electron chi connectivity index (χ0n) is 9.80. The third kappa shape index (κ3) is 2.25. The van der Waals surface area contributed by atoms with E-state index >= 15 is 0 Å². The molecular weight excluding hydrogens is 223 g/mol. The molecule has 2 rings (SSSR count). The van der Waals surface area contributed by atoms with Crippen LogP contribution in [-0.2, 0) is 6.61 Å². The lowest BCUT2D eigenvalue weighted by Gasteiger charge is -2.27. The molecule has 1 aromatic rings. The summed E-state index contributed by atoms with van der Waals surface area (Å²) in [7, 11) is 0. The van der Waals surface area contributed by atoms with E-state index in [4.69, 9.17) is 0 Å². The van der Waals surface area contributed by atoms with Crippen LogP contribution in [0.15, 0.2) is 12.3 Å². The summed E-state index contributed by atoms with van der Waals surface area (Å²) in [6, 6.07) is 1.29. The van der Waals surface area contributed by atoms with Crippen LogP contribution >= 0.6 is 0 Å². The molecular formula is C12H17FN2O2. The van der Waals surface area contributed by atoms with Crippen molar-refractivity contribution in [3.05, 3.63) is 23.6 Å². The summed E-state index contributed by atoms with van der Waals surface area (Å²) < 4.78 is 13.0. The lowest BCUT2D eigenvalue weighted by molar-refractivity contribution is 0.243. The van der Waals surface area contributed by atoms with E-state index < -0.39 is 5.82 Å². The Morgan fingerprint density at radius 2 is 2.29 bits per heavy atom. The van der Waals surface area contributed by atoms with Gasteiger partial charge in [0, 0.05) is 12.1 Å². The number of aliphatic hydroxyl groups is 2. The van der Waals surface area contributed by atoms with E-state index in [1.54, 1.807) is 0 Å². The van der Waals surface area contributed by atoms with Crippen molar-refractivity contribution < 1.29 is 14.6 Å². The minimum Gasteiger partial charge on any atom is -0.394 e. The first kappa shape index (κ1) is 12.3. The molecule has 0 aromatic carbocycles. The quantitative estimate of drug-likeness (QED) is 0.825. The van der Waals surface area contributed by atoms with Crippen LogP contribution in [0.5, 0.6) is 0 Å². The Bertz CT molecular complexity index is 400. The highest BCUT2D eigenvalue weighted by Gasteiger charge is 2.32. The summed E-state index contributed by atoms with van der Waals surface area (Å²) in [5.41, 5.74) is 0.470. The van der Waals surface area contributed by atoms with Gasteiger partial charge in [0.05, 0.1) is 25.5 Å². The molecule has 1 aliphatic heterocycles. The smallest absolute Gasteiger partial charge is 0.142 e. The molecule has 94 valence electrons. The van der Waals surface area contributed by atoms with Crippen LogP contribution in [0, 0.1) is 11.7 Å². The summed E-state index contributed by atoms with van der Waals surface area (Å²) in [6.07, 6.45) is 2.11. The molecule has 17 heavy (non-hydrogen) atoms. The molecule has 4 nitrogen and oxygen atoms in total. The van der Waals surface area contributed by atoms with E-state index in [1.165, 1.54) is 6.07 Å². The van der Waals surface area contributed by atoms with Crippen molar-refractivity contribution in [2.24, 2.45) is 5.92 Å². The van der Waals surface area contributed by atoms with Gasteiger partial charge in [-0.25, -0.2) is 9.37 Å². The SMILES string of the molecule is CC1CCN(c2ncc(F)cc2CO)C1CO. The standard InChI is InChI=1S/C12H17FN2O2/c1-8-2-3-15(11(8)7-17)12-9(6-16)4-10(13)5-14-12/h4-5,8,11,16-17H,2-3,6-7H2,1H3. The first-order valence-electron chi connectivity index (χ1n) is 5.80. The topological polar surface area (TPSA) is 56.6 Å². The molecule has 0 amide bonds. The molecule has 0 spiro atoms. The fourth-order valence-corrected chi connectivity index (χ4v) is 2.40. The molecule has 2 unspecified atom stereocenters. The number of aromatic nitrogens is 1. The van der Waals surface area contributed by atoms with Gasteiger partial charge in [-0.1, -0.05) is 6.92 Å². The molecule has 1 saturated heterocycles. The van der Waals surface area contributed by atoms with Crippen molar-refractivity contribution in [3.8, 4) is 0 Å². The van der Waals surface area contributed by atoms with Crippen LogP contribution in [0.4, 0.5) is 10.2 Å². The van der Waals surface area contributed by atoms with Gasteiger partial charge in [0.15, 0.2) is 0 Å². The zero-order chi connectivity index (χ0) is 12.4. The molecule has 5 heteroatoms. The maximum absolute atomic E-state index is 13.0. The highest BCUT2D eigenvalue weighted by Crippen LogP contribution is 2.30. The van der Waals surface area contributed by atoms with Gasteiger partial charge in [-0.05, 0) is 18.4 Å². The van der Waals surface area contributed by atoms with Gasteiger partial charge in [0.25, 0.3) is 0 Å². The maximum Gasteiger partial charge on any atom is 0.142 e. The van der Waals surface area contributed by atoms with Crippen LogP contribution in [0.3, 0.4) is 0 Å². The molecule has 0 saturated carbocycles. The second kappa shape index (κ2) is 4.98. The minimum absolute atomic E-state index is 0.00161. The number of hydrogen-bond acceptors (Lipinski definition) is 4. The molecule has 2 heterocycles. The van der Waals surface area contributed by atoms with E-state index in [0.29, 0.717) is 17.3 Å². The highest BCUT2D eigenvalue weighted by atomic mass is 19.1. The van der Waals surface area contributed by atoms with E-state index in [0.717, 1.165) is 19.2 Å². The molecule has 1 aliphatic rings. The largest absolute Gasteiger partial charge is 0.394 e. The van der Waals surface area contributed by atoms with Crippen LogP contribution in [-0.4, -0.2) is 34.4 Å². The van der Waals surface area contributed by atoms with Gasteiger partial charge in [-0.15, -0.1) is 0 Å². The minimum atomic E-state index is -0.453. The second-order valence-electron chi connectivity index (χ2n) is 4.50. The monoisotopic (exact) mass is 240 g/mol. The lowest BCUT2D eigenvalue weighted by atomic mass is 10.0. The summed E-state index contributed by atoms with van der Waals surface area (Å²) in [4.78, 5) is 6.00. The van der Waals surface area contributed by atoms with Crippen LogP contribution in [0.2, 0.25) is 0 Å². The Labute approximate surface area is 99.7 Å². The molecule has 0 bridgehead atoms. The second-order valence-corrected chi connectivity index (χ2v) is 4.50. The van der Waals surface area contributed by atoms with E-state index in [-0.39, 0.29) is 19.3 Å².